The first kappa shape index (κ1) is 18.5. The number of carbonyl (C=O) groups excluding carboxylic acids is 1. The fourth-order valence-corrected chi connectivity index (χ4v) is 4.52. The molecular weight excluding hydrogens is 348 g/mol. The van der Waals surface area contributed by atoms with Crippen LogP contribution in [0.2, 0.25) is 0 Å². The molecule has 1 N–H and O–H groups in total. The van der Waals surface area contributed by atoms with Gasteiger partial charge in [-0.15, -0.1) is 0 Å². The van der Waals surface area contributed by atoms with Gasteiger partial charge in [-0.25, -0.2) is 8.42 Å². The van der Waals surface area contributed by atoms with Gasteiger partial charge in [0.25, 0.3) is 10.0 Å². The van der Waals surface area contributed by atoms with E-state index >= 15 is 0 Å². The number of hydrogen-bond acceptors (Lipinski definition) is 3. The van der Waals surface area contributed by atoms with E-state index in [1.807, 2.05) is 6.07 Å². The molecule has 1 amide bonds. The molecule has 0 unspecified atom stereocenters. The van der Waals surface area contributed by atoms with Crippen molar-refractivity contribution in [1.82, 2.24) is 0 Å². The van der Waals surface area contributed by atoms with Gasteiger partial charge in [0.05, 0.1) is 10.6 Å². The van der Waals surface area contributed by atoms with Gasteiger partial charge in [0.2, 0.25) is 5.91 Å². The molecule has 0 aliphatic heterocycles. The highest BCUT2D eigenvalue weighted by atomic mass is 32.2. The number of anilines is 2. The van der Waals surface area contributed by atoms with Gasteiger partial charge in [0.15, 0.2) is 0 Å². The lowest BCUT2D eigenvalue weighted by atomic mass is 9.88. The second kappa shape index (κ2) is 7.91. The Hall–Kier alpha value is -2.34. The molecular formula is C20H24N2O3S. The Morgan fingerprint density at radius 3 is 2.38 bits per heavy atom. The monoisotopic (exact) mass is 372 g/mol. The van der Waals surface area contributed by atoms with Gasteiger partial charge in [0.1, 0.15) is 0 Å². The van der Waals surface area contributed by atoms with E-state index in [0.717, 1.165) is 25.7 Å². The van der Waals surface area contributed by atoms with Gasteiger partial charge in [0, 0.05) is 18.7 Å². The predicted octanol–water partition coefficient (Wildman–Crippen LogP) is 4.03. The average Bonchev–Trinajstić information content (AvgIpc) is 2.69. The first-order chi connectivity index (χ1) is 12.5. The van der Waals surface area contributed by atoms with Crippen LogP contribution in [-0.4, -0.2) is 21.4 Å². The standard InChI is InChI=1S/C20H24N2O3S/c1-22(18-12-6-3-7-13-18)26(24,25)19-14-8-11-17(15-19)21-20(23)16-9-4-2-5-10-16/h3,6-8,11-16H,2,4-5,9-10H2,1H3,(H,21,23). The number of rotatable bonds is 5. The topological polar surface area (TPSA) is 66.5 Å². The Balaban J connectivity index is 1.79. The van der Waals surface area contributed by atoms with Gasteiger partial charge >= 0.3 is 0 Å². The molecule has 1 aliphatic rings. The van der Waals surface area contributed by atoms with E-state index in [9.17, 15) is 13.2 Å². The Kier molecular flexibility index (Phi) is 5.61. The van der Waals surface area contributed by atoms with Crippen molar-refractivity contribution in [3.63, 3.8) is 0 Å². The summed E-state index contributed by atoms with van der Waals surface area (Å²) in [5.74, 6) is 0.00617. The van der Waals surface area contributed by atoms with Crippen LogP contribution in [0.4, 0.5) is 11.4 Å². The first-order valence-electron chi connectivity index (χ1n) is 8.93. The van der Waals surface area contributed by atoms with E-state index in [0.29, 0.717) is 11.4 Å². The molecule has 138 valence electrons. The van der Waals surface area contributed by atoms with Crippen molar-refractivity contribution in [1.29, 1.82) is 0 Å². The summed E-state index contributed by atoms with van der Waals surface area (Å²) >= 11 is 0. The Morgan fingerprint density at radius 1 is 1.00 bits per heavy atom. The molecule has 0 saturated heterocycles. The Morgan fingerprint density at radius 2 is 1.69 bits per heavy atom. The minimum Gasteiger partial charge on any atom is -0.326 e. The van der Waals surface area contributed by atoms with Crippen LogP contribution in [0, 0.1) is 5.92 Å². The second-order valence-electron chi connectivity index (χ2n) is 6.66. The Labute approximate surface area is 155 Å². The maximum atomic E-state index is 12.9. The van der Waals surface area contributed by atoms with Crippen LogP contribution in [-0.2, 0) is 14.8 Å². The summed E-state index contributed by atoms with van der Waals surface area (Å²) in [5, 5.41) is 2.88. The van der Waals surface area contributed by atoms with Crippen molar-refractivity contribution in [2.24, 2.45) is 5.92 Å². The zero-order valence-corrected chi connectivity index (χ0v) is 15.7. The third kappa shape index (κ3) is 4.07. The maximum Gasteiger partial charge on any atom is 0.264 e. The van der Waals surface area contributed by atoms with E-state index in [-0.39, 0.29) is 16.7 Å². The van der Waals surface area contributed by atoms with Gasteiger partial charge in [-0.05, 0) is 43.2 Å². The summed E-state index contributed by atoms with van der Waals surface area (Å²) in [6, 6.07) is 15.4. The molecule has 0 radical (unpaired) electrons. The van der Waals surface area contributed by atoms with Crippen molar-refractivity contribution in [2.75, 3.05) is 16.7 Å². The maximum absolute atomic E-state index is 12.9. The van der Waals surface area contributed by atoms with Crippen LogP contribution in [0.15, 0.2) is 59.5 Å². The van der Waals surface area contributed by atoms with Crippen LogP contribution in [0.1, 0.15) is 32.1 Å². The summed E-state index contributed by atoms with van der Waals surface area (Å²) in [6.45, 7) is 0. The minimum absolute atomic E-state index is 0.0179. The highest BCUT2D eigenvalue weighted by Crippen LogP contribution is 2.27. The van der Waals surface area contributed by atoms with E-state index in [1.165, 1.54) is 23.8 Å². The van der Waals surface area contributed by atoms with E-state index < -0.39 is 10.0 Å². The molecule has 5 nitrogen and oxygen atoms in total. The van der Waals surface area contributed by atoms with Crippen molar-refractivity contribution in [3.8, 4) is 0 Å². The lowest BCUT2D eigenvalue weighted by Gasteiger charge is -2.22. The fourth-order valence-electron chi connectivity index (χ4n) is 3.28. The zero-order valence-electron chi connectivity index (χ0n) is 14.9. The van der Waals surface area contributed by atoms with E-state index in [1.54, 1.807) is 42.5 Å². The van der Waals surface area contributed by atoms with Crippen molar-refractivity contribution in [3.05, 3.63) is 54.6 Å². The number of hydrogen-bond donors (Lipinski definition) is 1. The number of para-hydroxylation sites is 1. The number of nitrogens with one attached hydrogen (secondary N) is 1. The molecule has 3 rings (SSSR count). The summed E-state index contributed by atoms with van der Waals surface area (Å²) < 4.78 is 27.0. The van der Waals surface area contributed by atoms with Crippen molar-refractivity contribution >= 4 is 27.3 Å². The van der Waals surface area contributed by atoms with Crippen LogP contribution in [0.3, 0.4) is 0 Å². The van der Waals surface area contributed by atoms with Crippen LogP contribution < -0.4 is 9.62 Å². The van der Waals surface area contributed by atoms with E-state index in [4.69, 9.17) is 0 Å². The average molecular weight is 372 g/mol. The highest BCUT2D eigenvalue weighted by molar-refractivity contribution is 7.92. The quantitative estimate of drug-likeness (QED) is 0.862. The molecule has 0 bridgehead atoms. The van der Waals surface area contributed by atoms with Crippen LogP contribution in [0.25, 0.3) is 0 Å². The third-order valence-corrected chi connectivity index (χ3v) is 6.64. The number of amides is 1. The minimum atomic E-state index is -3.69. The molecule has 2 aromatic carbocycles. The highest BCUT2D eigenvalue weighted by Gasteiger charge is 2.23. The smallest absolute Gasteiger partial charge is 0.264 e. The molecule has 1 aliphatic carbocycles. The molecule has 2 aromatic rings. The zero-order chi connectivity index (χ0) is 18.6. The second-order valence-corrected chi connectivity index (χ2v) is 8.63. The molecule has 1 saturated carbocycles. The largest absolute Gasteiger partial charge is 0.326 e. The fraction of sp³-hybridized carbons (Fsp3) is 0.350. The van der Waals surface area contributed by atoms with E-state index in [2.05, 4.69) is 5.32 Å². The van der Waals surface area contributed by atoms with Gasteiger partial charge < -0.3 is 5.32 Å². The van der Waals surface area contributed by atoms with Crippen molar-refractivity contribution in [2.45, 2.75) is 37.0 Å². The number of benzene rings is 2. The molecule has 0 atom stereocenters. The normalized spacial score (nSPS) is 15.4. The number of carbonyl (C=O) groups is 1. The van der Waals surface area contributed by atoms with Gasteiger partial charge in [-0.2, -0.15) is 0 Å². The SMILES string of the molecule is CN(c1ccccc1)S(=O)(=O)c1cccc(NC(=O)C2CCCCC2)c1. The number of sulfonamides is 1. The van der Waals surface area contributed by atoms with Gasteiger partial charge in [-0.1, -0.05) is 43.5 Å². The molecule has 0 aromatic heterocycles. The van der Waals surface area contributed by atoms with Crippen LogP contribution in [0.5, 0.6) is 0 Å². The Bertz CT molecular complexity index is 860. The molecule has 26 heavy (non-hydrogen) atoms. The van der Waals surface area contributed by atoms with Crippen molar-refractivity contribution < 1.29 is 13.2 Å². The molecule has 0 spiro atoms. The summed E-state index contributed by atoms with van der Waals surface area (Å²) in [5.41, 5.74) is 1.10. The summed E-state index contributed by atoms with van der Waals surface area (Å²) in [6.07, 6.45) is 5.15. The van der Waals surface area contributed by atoms with Crippen LogP contribution >= 0.6 is 0 Å². The summed E-state index contributed by atoms with van der Waals surface area (Å²) in [7, 11) is -2.17. The third-order valence-electron chi connectivity index (χ3n) is 4.86. The molecule has 1 fully saturated rings. The molecule has 6 heteroatoms. The van der Waals surface area contributed by atoms with Gasteiger partial charge in [-0.3, -0.25) is 9.10 Å². The lowest BCUT2D eigenvalue weighted by Crippen LogP contribution is -2.27. The predicted molar refractivity (Wildman–Crippen MR) is 104 cm³/mol. The molecule has 0 heterocycles. The summed E-state index contributed by atoms with van der Waals surface area (Å²) in [4.78, 5) is 12.6. The number of nitrogens with zero attached hydrogens (tertiary/aromatic N) is 1. The lowest BCUT2D eigenvalue weighted by molar-refractivity contribution is -0.120. The first-order valence-corrected chi connectivity index (χ1v) is 10.4.